The van der Waals surface area contributed by atoms with Crippen LogP contribution in [0.2, 0.25) is 5.02 Å². The van der Waals surface area contributed by atoms with Crippen molar-refractivity contribution in [2.75, 3.05) is 25.0 Å². The van der Waals surface area contributed by atoms with E-state index in [-0.39, 0.29) is 17.8 Å². The minimum absolute atomic E-state index is 0.219. The Kier molecular flexibility index (Phi) is 6.88. The van der Waals surface area contributed by atoms with Gasteiger partial charge in [-0.15, -0.1) is 11.3 Å². The molecule has 0 amide bonds. The van der Waals surface area contributed by atoms with Gasteiger partial charge in [0.05, 0.1) is 16.8 Å². The zero-order valence-electron chi connectivity index (χ0n) is 20.7. The monoisotopic (exact) mass is 535 g/mol. The first-order valence-electron chi connectivity index (χ1n) is 13.1. The van der Waals surface area contributed by atoms with Crippen LogP contribution in [0.3, 0.4) is 0 Å². The third-order valence-corrected chi connectivity index (χ3v) is 8.67. The molecular weight excluding hydrogens is 506 g/mol. The minimum atomic E-state index is -0.234. The van der Waals surface area contributed by atoms with E-state index in [1.165, 1.54) is 36.1 Å². The molecule has 7 nitrogen and oxygen atoms in total. The molecule has 7 rings (SSSR count). The highest BCUT2D eigenvalue weighted by molar-refractivity contribution is 7.19. The lowest BCUT2D eigenvalue weighted by molar-refractivity contribution is 0.607. The maximum absolute atomic E-state index is 12.9. The molecule has 0 bridgehead atoms. The van der Waals surface area contributed by atoms with Gasteiger partial charge < -0.3 is 10.6 Å². The predicted molar refractivity (Wildman–Crippen MR) is 151 cm³/mol. The van der Waals surface area contributed by atoms with Crippen LogP contribution in [-0.4, -0.2) is 33.8 Å². The molecule has 0 atom stereocenters. The van der Waals surface area contributed by atoms with Crippen LogP contribution in [0.5, 0.6) is 0 Å². The van der Waals surface area contributed by atoms with Crippen LogP contribution in [0.15, 0.2) is 46.1 Å². The van der Waals surface area contributed by atoms with Gasteiger partial charge in [-0.2, -0.15) is 0 Å². The number of fused-ring (bicyclic) bond motifs is 3. The zero-order valence-corrected chi connectivity index (χ0v) is 22.3. The third-order valence-electron chi connectivity index (χ3n) is 7.31. The SMILES string of the molecule is C1CCNC1.O=c1cc2n(c(=O)n1Cc1cc3nccc(-c4cc(Cl)cc5c4NCCC5)c3s1)CCC2. The van der Waals surface area contributed by atoms with E-state index < -0.39 is 0 Å². The number of aromatic nitrogens is 3. The van der Waals surface area contributed by atoms with Crippen LogP contribution >= 0.6 is 22.9 Å². The summed E-state index contributed by atoms with van der Waals surface area (Å²) in [5.74, 6) is 0. The zero-order chi connectivity index (χ0) is 25.4. The van der Waals surface area contributed by atoms with Crippen molar-refractivity contribution < 1.29 is 0 Å². The molecule has 2 N–H and O–H groups in total. The van der Waals surface area contributed by atoms with E-state index in [1.807, 2.05) is 24.3 Å². The second-order valence-corrected chi connectivity index (χ2v) is 11.4. The fourth-order valence-electron chi connectivity index (χ4n) is 5.50. The first-order chi connectivity index (χ1) is 18.1. The molecule has 1 aromatic carbocycles. The van der Waals surface area contributed by atoms with Gasteiger partial charge in [0.2, 0.25) is 0 Å². The summed E-state index contributed by atoms with van der Waals surface area (Å²) in [5.41, 5.74) is 5.76. The predicted octanol–water partition coefficient (Wildman–Crippen LogP) is 4.66. The second kappa shape index (κ2) is 10.4. The second-order valence-electron chi connectivity index (χ2n) is 9.86. The Balaban J connectivity index is 0.000000453. The minimum Gasteiger partial charge on any atom is -0.384 e. The molecule has 192 valence electrons. The highest BCUT2D eigenvalue weighted by atomic mass is 35.5. The van der Waals surface area contributed by atoms with Crippen molar-refractivity contribution >= 4 is 38.8 Å². The summed E-state index contributed by atoms with van der Waals surface area (Å²) >= 11 is 8.04. The summed E-state index contributed by atoms with van der Waals surface area (Å²) in [4.78, 5) is 31.0. The van der Waals surface area contributed by atoms with Gasteiger partial charge >= 0.3 is 5.69 Å². The van der Waals surface area contributed by atoms with E-state index in [9.17, 15) is 9.59 Å². The molecule has 0 radical (unpaired) electrons. The molecule has 9 heteroatoms. The number of anilines is 1. The Hall–Kier alpha value is -2.94. The summed E-state index contributed by atoms with van der Waals surface area (Å²) < 4.78 is 4.10. The standard InChI is InChI=1S/C24H21ClN4O2S.C4H9N/c25-15-9-14-3-1-6-27-22(14)19(10-15)18-5-7-26-20-12-17(32-23(18)20)13-29-21(30)11-16-4-2-8-28(16)24(29)31;1-2-4-5-3-1/h5,7,9-12,27H,1-4,6,8,13H2;5H,1-4H2. The average molecular weight is 536 g/mol. The Morgan fingerprint density at radius 3 is 2.65 bits per heavy atom. The summed E-state index contributed by atoms with van der Waals surface area (Å²) in [5, 5.41) is 7.49. The van der Waals surface area contributed by atoms with Crippen molar-refractivity contribution in [2.45, 2.75) is 51.6 Å². The van der Waals surface area contributed by atoms with Gasteiger partial charge in [0.1, 0.15) is 0 Å². The summed E-state index contributed by atoms with van der Waals surface area (Å²) in [6.45, 7) is 4.38. The highest BCUT2D eigenvalue weighted by Gasteiger charge is 2.20. The number of rotatable bonds is 3. The molecule has 3 aliphatic rings. The van der Waals surface area contributed by atoms with Crippen molar-refractivity contribution in [2.24, 2.45) is 0 Å². The van der Waals surface area contributed by atoms with Crippen molar-refractivity contribution in [1.82, 2.24) is 19.4 Å². The van der Waals surface area contributed by atoms with Gasteiger partial charge in [0.25, 0.3) is 5.56 Å². The van der Waals surface area contributed by atoms with Crippen molar-refractivity contribution in [3.05, 3.63) is 78.5 Å². The lowest BCUT2D eigenvalue weighted by Crippen LogP contribution is -2.39. The van der Waals surface area contributed by atoms with Gasteiger partial charge in [-0.25, -0.2) is 4.79 Å². The maximum Gasteiger partial charge on any atom is 0.331 e. The number of hydrogen-bond donors (Lipinski definition) is 2. The number of benzene rings is 1. The summed E-state index contributed by atoms with van der Waals surface area (Å²) in [6, 6.07) is 9.65. The fourth-order valence-corrected chi connectivity index (χ4v) is 6.88. The van der Waals surface area contributed by atoms with Gasteiger partial charge in [-0.3, -0.25) is 18.9 Å². The topological polar surface area (TPSA) is 81.0 Å². The largest absolute Gasteiger partial charge is 0.384 e. The molecule has 1 fully saturated rings. The van der Waals surface area contributed by atoms with Crippen molar-refractivity contribution in [1.29, 1.82) is 0 Å². The number of nitrogens with zero attached hydrogens (tertiary/aromatic N) is 3. The molecule has 6 heterocycles. The average Bonchev–Trinajstić information content (AvgIpc) is 3.68. The molecule has 3 aliphatic heterocycles. The lowest BCUT2D eigenvalue weighted by atomic mass is 9.95. The molecule has 3 aromatic heterocycles. The Morgan fingerprint density at radius 2 is 1.84 bits per heavy atom. The van der Waals surface area contributed by atoms with Gasteiger partial charge in [0, 0.05) is 57.8 Å². The van der Waals surface area contributed by atoms with Crippen LogP contribution in [0.25, 0.3) is 21.3 Å². The summed E-state index contributed by atoms with van der Waals surface area (Å²) in [6.07, 6.45) is 8.38. The molecule has 0 spiro atoms. The molecule has 37 heavy (non-hydrogen) atoms. The Bertz CT molecular complexity index is 1580. The van der Waals surface area contributed by atoms with E-state index in [4.69, 9.17) is 11.6 Å². The molecule has 1 saturated heterocycles. The van der Waals surface area contributed by atoms with Crippen LogP contribution in [-0.2, 0) is 25.9 Å². The molecule has 0 unspecified atom stereocenters. The molecular formula is C28H30ClN5O2S. The number of pyridine rings is 1. The maximum atomic E-state index is 12.9. The van der Waals surface area contributed by atoms with Gasteiger partial charge in [-0.05, 0) is 81.4 Å². The van der Waals surface area contributed by atoms with Crippen molar-refractivity contribution in [3.63, 3.8) is 0 Å². The van der Waals surface area contributed by atoms with Gasteiger partial charge in [0.15, 0.2) is 0 Å². The normalized spacial score (nSPS) is 16.1. The van der Waals surface area contributed by atoms with Crippen LogP contribution in [0.1, 0.15) is 41.8 Å². The van der Waals surface area contributed by atoms with Crippen molar-refractivity contribution in [3.8, 4) is 11.1 Å². The lowest BCUT2D eigenvalue weighted by Gasteiger charge is -2.22. The molecule has 0 aliphatic carbocycles. The number of aryl methyl sites for hydroxylation is 2. The van der Waals surface area contributed by atoms with Gasteiger partial charge in [-0.1, -0.05) is 11.6 Å². The third kappa shape index (κ3) is 4.85. The van der Waals surface area contributed by atoms with Crippen LogP contribution in [0, 0.1) is 0 Å². The highest BCUT2D eigenvalue weighted by Crippen LogP contribution is 2.41. The van der Waals surface area contributed by atoms with E-state index in [2.05, 4.69) is 15.6 Å². The Morgan fingerprint density at radius 1 is 0.973 bits per heavy atom. The number of halogens is 1. The van der Waals surface area contributed by atoms with E-state index in [1.54, 1.807) is 28.2 Å². The van der Waals surface area contributed by atoms with Crippen LogP contribution in [0.4, 0.5) is 5.69 Å². The first kappa shape index (κ1) is 24.4. The smallest absolute Gasteiger partial charge is 0.331 e. The fraction of sp³-hybridized carbons (Fsp3) is 0.393. The van der Waals surface area contributed by atoms with E-state index in [0.717, 1.165) is 74.9 Å². The molecule has 4 aromatic rings. The number of nitrogens with one attached hydrogen (secondary N) is 2. The van der Waals surface area contributed by atoms with Crippen LogP contribution < -0.4 is 21.9 Å². The van der Waals surface area contributed by atoms with E-state index >= 15 is 0 Å². The first-order valence-corrected chi connectivity index (χ1v) is 14.3. The quantitative estimate of drug-likeness (QED) is 0.399. The molecule has 0 saturated carbocycles. The number of hydrogen-bond acceptors (Lipinski definition) is 6. The summed E-state index contributed by atoms with van der Waals surface area (Å²) in [7, 11) is 0. The number of thiophene rings is 1. The Labute approximate surface area is 224 Å². The van der Waals surface area contributed by atoms with E-state index in [0.29, 0.717) is 6.54 Å².